The molecule has 0 aliphatic carbocycles. The van der Waals surface area contributed by atoms with Crippen molar-refractivity contribution in [3.8, 4) is 11.6 Å². The van der Waals surface area contributed by atoms with Crippen molar-refractivity contribution in [1.29, 1.82) is 0 Å². The van der Waals surface area contributed by atoms with Crippen LogP contribution in [0.5, 0.6) is 11.6 Å². The quantitative estimate of drug-likeness (QED) is 0.698. The van der Waals surface area contributed by atoms with Crippen molar-refractivity contribution in [2.75, 3.05) is 7.05 Å². The molecule has 0 saturated heterocycles. The monoisotopic (exact) mass is 336 g/mol. The third kappa shape index (κ3) is 4.41. The van der Waals surface area contributed by atoms with E-state index in [2.05, 4.69) is 4.98 Å². The SMILES string of the molecule is CN(Cc1cccc(F)c1)C(=O)c1ccc(Oc2ccccc2)nc1. The molecule has 1 amide bonds. The topological polar surface area (TPSA) is 42.4 Å². The number of amides is 1. The molecule has 1 aromatic heterocycles. The van der Waals surface area contributed by atoms with Crippen LogP contribution in [0.4, 0.5) is 4.39 Å². The molecule has 0 fully saturated rings. The first-order valence-electron chi connectivity index (χ1n) is 7.81. The van der Waals surface area contributed by atoms with Crippen LogP contribution >= 0.6 is 0 Å². The Balaban J connectivity index is 1.65. The second-order valence-electron chi connectivity index (χ2n) is 5.59. The molecule has 0 saturated carbocycles. The van der Waals surface area contributed by atoms with Crippen molar-refractivity contribution in [2.45, 2.75) is 6.54 Å². The Labute approximate surface area is 145 Å². The molecule has 3 aromatic rings. The van der Waals surface area contributed by atoms with Gasteiger partial charge in [0.1, 0.15) is 11.6 Å². The van der Waals surface area contributed by atoms with E-state index >= 15 is 0 Å². The van der Waals surface area contributed by atoms with Gasteiger partial charge in [0.05, 0.1) is 5.56 Å². The second kappa shape index (κ2) is 7.57. The Morgan fingerprint density at radius 3 is 2.56 bits per heavy atom. The average Bonchev–Trinajstić information content (AvgIpc) is 2.62. The van der Waals surface area contributed by atoms with Crippen LogP contribution in [0.1, 0.15) is 15.9 Å². The van der Waals surface area contributed by atoms with E-state index in [1.807, 2.05) is 30.3 Å². The van der Waals surface area contributed by atoms with Gasteiger partial charge in [-0.05, 0) is 35.9 Å². The van der Waals surface area contributed by atoms with Gasteiger partial charge < -0.3 is 9.64 Å². The molecule has 0 unspecified atom stereocenters. The van der Waals surface area contributed by atoms with E-state index in [1.165, 1.54) is 23.2 Å². The fourth-order valence-electron chi connectivity index (χ4n) is 2.38. The molecule has 0 spiro atoms. The summed E-state index contributed by atoms with van der Waals surface area (Å²) in [6.07, 6.45) is 1.47. The van der Waals surface area contributed by atoms with E-state index in [4.69, 9.17) is 4.74 Å². The lowest BCUT2D eigenvalue weighted by atomic mass is 10.2. The lowest BCUT2D eigenvalue weighted by molar-refractivity contribution is 0.0784. The summed E-state index contributed by atoms with van der Waals surface area (Å²) in [5.74, 6) is 0.582. The maximum atomic E-state index is 13.2. The van der Waals surface area contributed by atoms with E-state index in [-0.39, 0.29) is 11.7 Å². The molecule has 1 heterocycles. The minimum absolute atomic E-state index is 0.192. The van der Waals surface area contributed by atoms with Crippen LogP contribution in [-0.4, -0.2) is 22.8 Å². The Morgan fingerprint density at radius 2 is 1.88 bits per heavy atom. The first kappa shape index (κ1) is 16.6. The highest BCUT2D eigenvalue weighted by atomic mass is 19.1. The lowest BCUT2D eigenvalue weighted by Crippen LogP contribution is -2.26. The molecule has 126 valence electrons. The number of benzene rings is 2. The molecular formula is C20H17FN2O2. The van der Waals surface area contributed by atoms with Crippen molar-refractivity contribution in [1.82, 2.24) is 9.88 Å². The van der Waals surface area contributed by atoms with E-state index in [9.17, 15) is 9.18 Å². The third-order valence-corrected chi connectivity index (χ3v) is 3.60. The molecule has 2 aromatic carbocycles. The van der Waals surface area contributed by atoms with Gasteiger partial charge in [0.25, 0.3) is 5.91 Å². The fourth-order valence-corrected chi connectivity index (χ4v) is 2.38. The van der Waals surface area contributed by atoms with Crippen molar-refractivity contribution in [2.24, 2.45) is 0 Å². The molecule has 5 heteroatoms. The summed E-state index contributed by atoms with van der Waals surface area (Å²) in [5, 5.41) is 0. The molecule has 25 heavy (non-hydrogen) atoms. The summed E-state index contributed by atoms with van der Waals surface area (Å²) in [6, 6.07) is 18.8. The minimum Gasteiger partial charge on any atom is -0.439 e. The summed E-state index contributed by atoms with van der Waals surface area (Å²) in [5.41, 5.74) is 1.17. The van der Waals surface area contributed by atoms with Crippen LogP contribution in [-0.2, 0) is 6.54 Å². The number of pyridine rings is 1. The molecule has 0 N–H and O–H groups in total. The number of hydrogen-bond donors (Lipinski definition) is 0. The maximum absolute atomic E-state index is 13.2. The van der Waals surface area contributed by atoms with Crippen molar-refractivity contribution in [3.63, 3.8) is 0 Å². The van der Waals surface area contributed by atoms with Crippen LogP contribution < -0.4 is 4.74 Å². The number of rotatable bonds is 5. The second-order valence-corrected chi connectivity index (χ2v) is 5.59. The highest BCUT2D eigenvalue weighted by Crippen LogP contribution is 2.19. The Hall–Kier alpha value is -3.21. The van der Waals surface area contributed by atoms with Gasteiger partial charge in [0, 0.05) is 25.9 Å². The molecule has 0 aliphatic heterocycles. The van der Waals surface area contributed by atoms with E-state index in [0.717, 1.165) is 5.56 Å². The lowest BCUT2D eigenvalue weighted by Gasteiger charge is -2.17. The number of carbonyl (C=O) groups excluding carboxylic acids is 1. The van der Waals surface area contributed by atoms with E-state index < -0.39 is 0 Å². The zero-order chi connectivity index (χ0) is 17.6. The van der Waals surface area contributed by atoms with Gasteiger partial charge in [-0.2, -0.15) is 0 Å². The van der Waals surface area contributed by atoms with Crippen LogP contribution in [0.3, 0.4) is 0 Å². The van der Waals surface area contributed by atoms with E-state index in [0.29, 0.717) is 23.7 Å². The average molecular weight is 336 g/mol. The summed E-state index contributed by atoms with van der Waals surface area (Å²) in [4.78, 5) is 18.1. The van der Waals surface area contributed by atoms with Crippen LogP contribution in [0.2, 0.25) is 0 Å². The Morgan fingerprint density at radius 1 is 1.08 bits per heavy atom. The summed E-state index contributed by atoms with van der Waals surface area (Å²) in [6.45, 7) is 0.318. The summed E-state index contributed by atoms with van der Waals surface area (Å²) >= 11 is 0. The van der Waals surface area contributed by atoms with E-state index in [1.54, 1.807) is 31.3 Å². The number of halogens is 1. The van der Waals surface area contributed by atoms with Gasteiger partial charge in [-0.1, -0.05) is 30.3 Å². The molecular weight excluding hydrogens is 319 g/mol. The van der Waals surface area contributed by atoms with Gasteiger partial charge in [-0.15, -0.1) is 0 Å². The summed E-state index contributed by atoms with van der Waals surface area (Å²) in [7, 11) is 1.67. The van der Waals surface area contributed by atoms with Crippen molar-refractivity contribution < 1.29 is 13.9 Å². The van der Waals surface area contributed by atoms with Gasteiger partial charge in [-0.3, -0.25) is 4.79 Å². The zero-order valence-corrected chi connectivity index (χ0v) is 13.7. The number of carbonyl (C=O) groups is 1. The number of ether oxygens (including phenoxy) is 1. The third-order valence-electron chi connectivity index (χ3n) is 3.60. The predicted octanol–water partition coefficient (Wildman–Crippen LogP) is 4.29. The molecule has 3 rings (SSSR count). The number of hydrogen-bond acceptors (Lipinski definition) is 3. The number of aromatic nitrogens is 1. The Kier molecular flexibility index (Phi) is 5.04. The maximum Gasteiger partial charge on any atom is 0.255 e. The van der Waals surface area contributed by atoms with Crippen LogP contribution in [0.15, 0.2) is 72.9 Å². The largest absolute Gasteiger partial charge is 0.439 e. The van der Waals surface area contributed by atoms with Crippen LogP contribution in [0.25, 0.3) is 0 Å². The predicted molar refractivity (Wildman–Crippen MR) is 93.0 cm³/mol. The molecule has 4 nitrogen and oxygen atoms in total. The first-order valence-corrected chi connectivity index (χ1v) is 7.81. The Bertz CT molecular complexity index is 851. The molecule has 0 radical (unpaired) electrons. The molecule has 0 aliphatic rings. The fraction of sp³-hybridized carbons (Fsp3) is 0.100. The normalized spacial score (nSPS) is 10.3. The van der Waals surface area contributed by atoms with Gasteiger partial charge in [0.15, 0.2) is 0 Å². The number of para-hydroxylation sites is 1. The standard InChI is InChI=1S/C20H17FN2O2/c1-23(14-15-6-5-7-17(21)12-15)20(24)16-10-11-19(22-13-16)25-18-8-3-2-4-9-18/h2-13H,14H2,1H3. The smallest absolute Gasteiger partial charge is 0.255 e. The zero-order valence-electron chi connectivity index (χ0n) is 13.7. The van der Waals surface area contributed by atoms with Crippen molar-refractivity contribution >= 4 is 5.91 Å². The number of nitrogens with zero attached hydrogens (tertiary/aromatic N) is 2. The minimum atomic E-state index is -0.317. The highest BCUT2D eigenvalue weighted by molar-refractivity contribution is 5.93. The van der Waals surface area contributed by atoms with Gasteiger partial charge in [-0.25, -0.2) is 9.37 Å². The van der Waals surface area contributed by atoms with Crippen molar-refractivity contribution in [3.05, 3.63) is 89.9 Å². The summed E-state index contributed by atoms with van der Waals surface area (Å²) < 4.78 is 18.8. The van der Waals surface area contributed by atoms with Crippen LogP contribution in [0, 0.1) is 5.82 Å². The highest BCUT2D eigenvalue weighted by Gasteiger charge is 2.13. The molecule has 0 bridgehead atoms. The van der Waals surface area contributed by atoms with Gasteiger partial charge in [0.2, 0.25) is 5.88 Å². The first-order chi connectivity index (χ1) is 12.1. The van der Waals surface area contributed by atoms with Gasteiger partial charge >= 0.3 is 0 Å². The molecule has 0 atom stereocenters.